The summed E-state index contributed by atoms with van der Waals surface area (Å²) < 4.78 is 13.0. The fraction of sp³-hybridized carbons (Fsp3) is 0.286. The maximum Gasteiger partial charge on any atom is 0.323 e. The summed E-state index contributed by atoms with van der Waals surface area (Å²) in [5.41, 5.74) is 0.763. The number of amides is 2. The largest absolute Gasteiger partial charge is 0.480 e. The predicted octanol–water partition coefficient (Wildman–Crippen LogP) is 1.65. The highest BCUT2D eigenvalue weighted by Gasteiger charge is 2.14. The number of aliphatic carboxylic acids is 1. The molecule has 5 nitrogen and oxygen atoms in total. The molecule has 0 spiro atoms. The third kappa shape index (κ3) is 5.51. The third-order valence-electron chi connectivity index (χ3n) is 2.54. The Labute approximate surface area is 116 Å². The molecule has 0 atom stereocenters. The van der Waals surface area contributed by atoms with E-state index in [0.717, 1.165) is 10.5 Å². The minimum atomic E-state index is -1.09. The summed E-state index contributed by atoms with van der Waals surface area (Å²) in [5.74, 6) is -1.42. The van der Waals surface area contributed by atoms with Crippen molar-refractivity contribution in [3.05, 3.63) is 48.3 Å². The fourth-order valence-corrected chi connectivity index (χ4v) is 1.66. The van der Waals surface area contributed by atoms with Crippen LogP contribution in [0.15, 0.2) is 36.9 Å². The monoisotopic (exact) mass is 280 g/mol. The Bertz CT molecular complexity index is 491. The van der Waals surface area contributed by atoms with Crippen LogP contribution in [0.4, 0.5) is 9.18 Å². The number of hydrogen-bond acceptors (Lipinski definition) is 2. The first kappa shape index (κ1) is 15.7. The van der Waals surface area contributed by atoms with E-state index in [1.807, 2.05) is 0 Å². The second-order valence-corrected chi connectivity index (χ2v) is 4.17. The van der Waals surface area contributed by atoms with E-state index in [4.69, 9.17) is 5.11 Å². The van der Waals surface area contributed by atoms with E-state index in [0.29, 0.717) is 13.0 Å². The molecule has 1 aromatic carbocycles. The summed E-state index contributed by atoms with van der Waals surface area (Å²) in [6.45, 7) is 3.53. The molecular formula is C14H17FN2O3. The lowest BCUT2D eigenvalue weighted by molar-refractivity contribution is -0.137. The first-order chi connectivity index (χ1) is 9.52. The smallest absolute Gasteiger partial charge is 0.323 e. The van der Waals surface area contributed by atoms with Crippen LogP contribution in [0.5, 0.6) is 0 Å². The van der Waals surface area contributed by atoms with Crippen molar-refractivity contribution in [1.29, 1.82) is 0 Å². The van der Waals surface area contributed by atoms with Crippen molar-refractivity contribution in [1.82, 2.24) is 10.2 Å². The van der Waals surface area contributed by atoms with Gasteiger partial charge in [-0.15, -0.1) is 6.58 Å². The molecule has 0 saturated heterocycles. The maximum absolute atomic E-state index is 13.0. The van der Waals surface area contributed by atoms with Crippen LogP contribution in [0.3, 0.4) is 0 Å². The van der Waals surface area contributed by atoms with Gasteiger partial charge in [0.05, 0.1) is 0 Å². The topological polar surface area (TPSA) is 69.6 Å². The van der Waals surface area contributed by atoms with Gasteiger partial charge >= 0.3 is 12.0 Å². The van der Waals surface area contributed by atoms with Crippen LogP contribution in [0.1, 0.15) is 5.56 Å². The number of carbonyl (C=O) groups excluding carboxylic acids is 1. The molecule has 108 valence electrons. The van der Waals surface area contributed by atoms with Gasteiger partial charge in [0.2, 0.25) is 0 Å². The van der Waals surface area contributed by atoms with E-state index in [2.05, 4.69) is 11.9 Å². The van der Waals surface area contributed by atoms with Gasteiger partial charge in [-0.05, 0) is 24.1 Å². The van der Waals surface area contributed by atoms with E-state index >= 15 is 0 Å². The normalized spacial score (nSPS) is 9.85. The molecule has 20 heavy (non-hydrogen) atoms. The van der Waals surface area contributed by atoms with Crippen LogP contribution in [0.25, 0.3) is 0 Å². The Hall–Kier alpha value is -2.37. The molecule has 0 saturated carbocycles. The van der Waals surface area contributed by atoms with Gasteiger partial charge in [0.25, 0.3) is 0 Å². The number of rotatable bonds is 7. The molecule has 2 amide bonds. The van der Waals surface area contributed by atoms with Crippen LogP contribution < -0.4 is 5.32 Å². The van der Waals surface area contributed by atoms with Gasteiger partial charge in [-0.25, -0.2) is 9.18 Å². The van der Waals surface area contributed by atoms with E-state index in [9.17, 15) is 14.0 Å². The van der Waals surface area contributed by atoms with E-state index < -0.39 is 18.5 Å². The van der Waals surface area contributed by atoms with E-state index in [-0.39, 0.29) is 12.4 Å². The molecule has 0 aliphatic heterocycles. The molecule has 0 aromatic heterocycles. The highest BCUT2D eigenvalue weighted by atomic mass is 19.1. The quantitative estimate of drug-likeness (QED) is 0.746. The number of benzene rings is 1. The van der Waals surface area contributed by atoms with Gasteiger partial charge in [-0.3, -0.25) is 4.79 Å². The molecule has 1 rings (SSSR count). The Kier molecular flexibility index (Phi) is 6.22. The number of nitrogens with one attached hydrogen (secondary N) is 1. The van der Waals surface area contributed by atoms with Crippen molar-refractivity contribution in [2.24, 2.45) is 0 Å². The predicted molar refractivity (Wildman–Crippen MR) is 72.9 cm³/mol. The van der Waals surface area contributed by atoms with Gasteiger partial charge in [0.15, 0.2) is 0 Å². The first-order valence-corrected chi connectivity index (χ1v) is 6.13. The van der Waals surface area contributed by atoms with E-state index in [1.165, 1.54) is 18.2 Å². The summed E-state index contributed by atoms with van der Waals surface area (Å²) in [4.78, 5) is 23.5. The molecule has 0 radical (unpaired) electrons. The molecule has 0 bridgehead atoms. The summed E-state index contributed by atoms with van der Waals surface area (Å²) in [6.07, 6.45) is 1.92. The molecule has 6 heteroatoms. The van der Waals surface area contributed by atoms with Crippen molar-refractivity contribution in [2.75, 3.05) is 19.6 Å². The Morgan fingerprint density at radius 2 is 2.20 bits per heavy atom. The highest BCUT2D eigenvalue weighted by Crippen LogP contribution is 2.03. The van der Waals surface area contributed by atoms with Crippen LogP contribution in [0, 0.1) is 5.82 Å². The van der Waals surface area contributed by atoms with Crippen LogP contribution in [0.2, 0.25) is 0 Å². The minimum Gasteiger partial charge on any atom is -0.480 e. The highest BCUT2D eigenvalue weighted by molar-refractivity contribution is 5.80. The zero-order valence-corrected chi connectivity index (χ0v) is 11.0. The summed E-state index contributed by atoms with van der Waals surface area (Å²) in [7, 11) is 0. The number of carboxylic acid groups (broad SMARTS) is 1. The lowest BCUT2D eigenvalue weighted by Crippen LogP contribution is -2.43. The molecule has 0 fully saturated rings. The van der Waals surface area contributed by atoms with Crippen molar-refractivity contribution in [2.45, 2.75) is 6.42 Å². The van der Waals surface area contributed by atoms with Crippen LogP contribution in [-0.2, 0) is 11.2 Å². The second kappa shape index (κ2) is 7.93. The SMILES string of the molecule is C=CCN(CC(=O)O)C(=O)NCCc1cccc(F)c1. The van der Waals surface area contributed by atoms with Crippen molar-refractivity contribution in [3.63, 3.8) is 0 Å². The lowest BCUT2D eigenvalue weighted by atomic mass is 10.1. The Morgan fingerprint density at radius 1 is 1.45 bits per heavy atom. The van der Waals surface area contributed by atoms with Gasteiger partial charge in [0, 0.05) is 13.1 Å². The number of carboxylic acids is 1. The number of carbonyl (C=O) groups is 2. The van der Waals surface area contributed by atoms with Crippen molar-refractivity contribution >= 4 is 12.0 Å². The zero-order valence-electron chi connectivity index (χ0n) is 11.0. The fourth-order valence-electron chi connectivity index (χ4n) is 1.66. The minimum absolute atomic E-state index is 0.151. The molecule has 0 heterocycles. The summed E-state index contributed by atoms with van der Waals surface area (Å²) in [5, 5.41) is 11.3. The molecule has 2 N–H and O–H groups in total. The average Bonchev–Trinajstić information content (AvgIpc) is 2.37. The number of halogens is 1. The summed E-state index contributed by atoms with van der Waals surface area (Å²) >= 11 is 0. The Morgan fingerprint density at radius 3 is 2.80 bits per heavy atom. The molecule has 1 aromatic rings. The van der Waals surface area contributed by atoms with Crippen molar-refractivity contribution < 1.29 is 19.1 Å². The third-order valence-corrected chi connectivity index (χ3v) is 2.54. The van der Waals surface area contributed by atoms with Crippen LogP contribution in [-0.4, -0.2) is 41.6 Å². The molecule has 0 aliphatic rings. The average molecular weight is 280 g/mol. The number of hydrogen-bond donors (Lipinski definition) is 2. The molecule has 0 aliphatic carbocycles. The first-order valence-electron chi connectivity index (χ1n) is 6.13. The number of urea groups is 1. The lowest BCUT2D eigenvalue weighted by Gasteiger charge is -2.19. The maximum atomic E-state index is 13.0. The van der Waals surface area contributed by atoms with Gasteiger partial charge in [-0.2, -0.15) is 0 Å². The van der Waals surface area contributed by atoms with E-state index in [1.54, 1.807) is 12.1 Å². The second-order valence-electron chi connectivity index (χ2n) is 4.17. The standard InChI is InChI=1S/C14H17FN2O3/c1-2-8-17(10-13(18)19)14(20)16-7-6-11-4-3-5-12(15)9-11/h2-5,9H,1,6-8,10H2,(H,16,20)(H,18,19). The molecular weight excluding hydrogens is 263 g/mol. The zero-order chi connectivity index (χ0) is 15.0. The Balaban J connectivity index is 2.44. The van der Waals surface area contributed by atoms with Crippen LogP contribution >= 0.6 is 0 Å². The van der Waals surface area contributed by atoms with Crippen molar-refractivity contribution in [3.8, 4) is 0 Å². The molecule has 0 unspecified atom stereocenters. The summed E-state index contributed by atoms with van der Waals surface area (Å²) in [6, 6.07) is 5.62. The van der Waals surface area contributed by atoms with Gasteiger partial charge < -0.3 is 15.3 Å². The van der Waals surface area contributed by atoms with Gasteiger partial charge in [-0.1, -0.05) is 18.2 Å². The number of nitrogens with zero attached hydrogens (tertiary/aromatic N) is 1. The van der Waals surface area contributed by atoms with Gasteiger partial charge in [0.1, 0.15) is 12.4 Å².